The fraction of sp³-hybridized carbons (Fsp3) is 0.391. The summed E-state index contributed by atoms with van der Waals surface area (Å²) >= 11 is 0. The van der Waals surface area contributed by atoms with Crippen molar-refractivity contribution >= 4 is 46.6 Å². The van der Waals surface area contributed by atoms with Gasteiger partial charge in [0.2, 0.25) is 17.7 Å². The molecule has 0 radical (unpaired) electrons. The lowest BCUT2D eigenvalue weighted by Crippen LogP contribution is -2.54. The van der Waals surface area contributed by atoms with E-state index in [1.54, 1.807) is 19.2 Å². The number of nitrogens with one attached hydrogen (secondary N) is 5. The van der Waals surface area contributed by atoms with Crippen LogP contribution in [0.3, 0.4) is 0 Å². The van der Waals surface area contributed by atoms with Crippen LogP contribution in [-0.2, 0) is 35.1 Å². The Morgan fingerprint density at radius 2 is 1.89 bits per heavy atom. The maximum absolute atomic E-state index is 13.7. The number of ketones is 1. The number of H-pyrrole nitrogens is 1. The van der Waals surface area contributed by atoms with Crippen LogP contribution in [0.1, 0.15) is 32.3 Å². The zero-order valence-corrected chi connectivity index (χ0v) is 19.4. The number of aromatic amines is 1. The number of fused-ring (bicyclic) bond motifs is 1. The monoisotopic (exact) mass is 489 g/mol. The zero-order chi connectivity index (χ0) is 26.0. The van der Waals surface area contributed by atoms with Crippen LogP contribution in [0.25, 0.3) is 10.9 Å². The lowest BCUT2D eigenvalue weighted by molar-refractivity contribution is -0.143. The molecule has 0 aliphatic heterocycles. The van der Waals surface area contributed by atoms with E-state index < -0.39 is 53.9 Å². The molecule has 35 heavy (non-hydrogen) atoms. The van der Waals surface area contributed by atoms with Crippen LogP contribution in [0.4, 0.5) is 4.39 Å². The van der Waals surface area contributed by atoms with Crippen molar-refractivity contribution in [2.45, 2.75) is 45.2 Å². The maximum Gasteiger partial charge on any atom is 0.325 e. The highest BCUT2D eigenvalue weighted by molar-refractivity contribution is 6.26. The van der Waals surface area contributed by atoms with Crippen LogP contribution in [0.15, 0.2) is 24.4 Å². The third kappa shape index (κ3) is 8.32. The van der Waals surface area contributed by atoms with E-state index in [0.717, 1.165) is 0 Å². The molecule has 12 heteroatoms. The minimum Gasteiger partial charge on any atom is -0.465 e. The van der Waals surface area contributed by atoms with E-state index in [9.17, 15) is 28.4 Å². The molecule has 3 amide bonds. The van der Waals surface area contributed by atoms with Crippen molar-refractivity contribution in [1.29, 1.82) is 5.41 Å². The molecule has 0 spiro atoms. The minimum absolute atomic E-state index is 0.00847. The van der Waals surface area contributed by atoms with Gasteiger partial charge in [-0.15, -0.1) is 0 Å². The maximum atomic E-state index is 13.7. The first-order valence-electron chi connectivity index (χ1n) is 10.9. The summed E-state index contributed by atoms with van der Waals surface area (Å²) in [6.07, 6.45) is 1.85. The largest absolute Gasteiger partial charge is 0.465 e. The van der Waals surface area contributed by atoms with Gasteiger partial charge in [-0.25, -0.2) is 4.39 Å². The number of aromatic nitrogens is 1. The molecule has 0 saturated heterocycles. The van der Waals surface area contributed by atoms with Crippen LogP contribution < -0.4 is 16.0 Å². The number of Topliss-reactive ketones (excluding diaryl/α,β-unsaturated/α-hetero) is 1. The second-order valence-corrected chi connectivity index (χ2v) is 7.69. The summed E-state index contributed by atoms with van der Waals surface area (Å²) in [5, 5.41) is 14.9. The number of carbonyl (C=O) groups is 5. The zero-order valence-electron chi connectivity index (χ0n) is 19.4. The van der Waals surface area contributed by atoms with E-state index in [-0.39, 0.29) is 25.9 Å². The Hall–Kier alpha value is -4.09. The summed E-state index contributed by atoms with van der Waals surface area (Å²) in [6.45, 7) is 2.52. The first-order valence-corrected chi connectivity index (χ1v) is 10.9. The van der Waals surface area contributed by atoms with Crippen molar-refractivity contribution < 1.29 is 33.1 Å². The van der Waals surface area contributed by atoms with Crippen LogP contribution in [0, 0.1) is 11.2 Å². The SMILES string of the molecule is CCOC(=O)CNC(=O)[C@H](CCC(=O)C=N)NC(=O)[C@H](Cc1c[nH]c2ccc(F)cc12)NC(C)=O. The Morgan fingerprint density at radius 1 is 1.14 bits per heavy atom. The van der Waals surface area contributed by atoms with Crippen LogP contribution in [0.2, 0.25) is 0 Å². The normalized spacial score (nSPS) is 12.3. The van der Waals surface area contributed by atoms with Gasteiger partial charge in [-0.05, 0) is 37.1 Å². The van der Waals surface area contributed by atoms with Gasteiger partial charge in [0.05, 0.1) is 12.8 Å². The Balaban J connectivity index is 2.20. The number of esters is 1. The fourth-order valence-electron chi connectivity index (χ4n) is 3.39. The molecule has 0 aliphatic rings. The number of benzene rings is 1. The fourth-order valence-corrected chi connectivity index (χ4v) is 3.39. The lowest BCUT2D eigenvalue weighted by Gasteiger charge is -2.22. The number of ether oxygens (including phenoxy) is 1. The standard InChI is InChI=1S/C23H28FN5O6/c1-3-35-21(32)12-27-22(33)19(7-5-16(31)10-25)29-23(34)20(28-13(2)30)8-14-11-26-18-6-4-15(24)9-17(14)18/h4,6,9-11,19-20,25-26H,3,5,7-8,12H2,1-2H3,(H,27,33)(H,28,30)(H,29,34)/t19-,20-/m0/s1. The summed E-state index contributed by atoms with van der Waals surface area (Å²) < 4.78 is 18.5. The number of amides is 3. The third-order valence-electron chi connectivity index (χ3n) is 5.03. The van der Waals surface area contributed by atoms with Crippen molar-refractivity contribution in [1.82, 2.24) is 20.9 Å². The predicted molar refractivity (Wildman–Crippen MR) is 124 cm³/mol. The quantitative estimate of drug-likeness (QED) is 0.203. The van der Waals surface area contributed by atoms with Crippen LogP contribution in [0.5, 0.6) is 0 Å². The van der Waals surface area contributed by atoms with Gasteiger partial charge in [-0.3, -0.25) is 24.0 Å². The number of hydrogen-bond acceptors (Lipinski definition) is 7. The number of halogens is 1. The summed E-state index contributed by atoms with van der Waals surface area (Å²) in [5.74, 6) is -3.65. The molecule has 5 N–H and O–H groups in total. The summed E-state index contributed by atoms with van der Waals surface area (Å²) in [5.41, 5.74) is 1.21. The number of hydrogen-bond donors (Lipinski definition) is 5. The highest BCUT2D eigenvalue weighted by Crippen LogP contribution is 2.21. The van der Waals surface area contributed by atoms with E-state index in [2.05, 4.69) is 20.9 Å². The Labute approximate surface area is 200 Å². The molecular weight excluding hydrogens is 461 g/mol. The van der Waals surface area contributed by atoms with E-state index in [0.29, 0.717) is 22.7 Å². The van der Waals surface area contributed by atoms with Gasteiger partial charge in [-0.2, -0.15) is 0 Å². The molecule has 1 aromatic carbocycles. The van der Waals surface area contributed by atoms with Crippen molar-refractivity contribution in [3.05, 3.63) is 35.8 Å². The summed E-state index contributed by atoms with van der Waals surface area (Å²) in [7, 11) is 0. The highest BCUT2D eigenvalue weighted by Gasteiger charge is 2.28. The smallest absolute Gasteiger partial charge is 0.325 e. The topological polar surface area (TPSA) is 170 Å². The Kier molecular flexibility index (Phi) is 10.1. The molecule has 0 unspecified atom stereocenters. The molecule has 2 atom stereocenters. The molecule has 2 rings (SSSR count). The van der Waals surface area contributed by atoms with Gasteiger partial charge >= 0.3 is 5.97 Å². The molecule has 0 saturated carbocycles. The van der Waals surface area contributed by atoms with Crippen molar-refractivity contribution in [3.63, 3.8) is 0 Å². The Morgan fingerprint density at radius 3 is 2.54 bits per heavy atom. The Bertz CT molecular complexity index is 1120. The molecule has 1 aromatic heterocycles. The van der Waals surface area contributed by atoms with Crippen molar-refractivity contribution in [2.24, 2.45) is 0 Å². The van der Waals surface area contributed by atoms with Gasteiger partial charge in [0.1, 0.15) is 24.4 Å². The molecule has 0 fully saturated rings. The van der Waals surface area contributed by atoms with Crippen molar-refractivity contribution in [3.8, 4) is 0 Å². The van der Waals surface area contributed by atoms with Gasteiger partial charge in [0.25, 0.3) is 0 Å². The highest BCUT2D eigenvalue weighted by atomic mass is 19.1. The van der Waals surface area contributed by atoms with E-state index in [1.807, 2.05) is 0 Å². The average molecular weight is 490 g/mol. The summed E-state index contributed by atoms with van der Waals surface area (Å²) in [6, 6.07) is 1.80. The third-order valence-corrected chi connectivity index (χ3v) is 5.03. The van der Waals surface area contributed by atoms with E-state index >= 15 is 0 Å². The van der Waals surface area contributed by atoms with Gasteiger partial charge in [0, 0.05) is 36.9 Å². The van der Waals surface area contributed by atoms with E-state index in [4.69, 9.17) is 10.1 Å². The van der Waals surface area contributed by atoms with E-state index in [1.165, 1.54) is 19.1 Å². The predicted octanol–water partition coefficient (Wildman–Crippen LogP) is 0.517. The van der Waals surface area contributed by atoms with Crippen LogP contribution in [-0.4, -0.2) is 65.9 Å². The first kappa shape index (κ1) is 27.2. The van der Waals surface area contributed by atoms with Gasteiger partial charge < -0.3 is 31.1 Å². The number of carbonyl (C=O) groups excluding carboxylic acids is 5. The molecule has 0 aliphatic carbocycles. The molecule has 0 bridgehead atoms. The molecule has 11 nitrogen and oxygen atoms in total. The van der Waals surface area contributed by atoms with Crippen molar-refractivity contribution in [2.75, 3.05) is 13.2 Å². The van der Waals surface area contributed by atoms with Gasteiger partial charge in [0.15, 0.2) is 5.78 Å². The molecular formula is C23H28FN5O6. The number of rotatable bonds is 13. The first-order chi connectivity index (χ1) is 16.6. The second kappa shape index (κ2) is 13.0. The molecule has 1 heterocycles. The average Bonchev–Trinajstić information content (AvgIpc) is 3.20. The lowest BCUT2D eigenvalue weighted by atomic mass is 10.0. The van der Waals surface area contributed by atoms with Crippen LogP contribution >= 0.6 is 0 Å². The van der Waals surface area contributed by atoms with Gasteiger partial charge in [-0.1, -0.05) is 0 Å². The second-order valence-electron chi connectivity index (χ2n) is 7.69. The summed E-state index contributed by atoms with van der Waals surface area (Å²) in [4.78, 5) is 63.5. The molecule has 2 aromatic rings. The minimum atomic E-state index is -1.22. The molecule has 188 valence electrons.